The molecule has 1 amide bonds. The molecule has 2 fully saturated rings. The van der Waals surface area contributed by atoms with Crippen molar-refractivity contribution in [3.05, 3.63) is 35.9 Å². The Morgan fingerprint density at radius 1 is 0.906 bits per heavy atom. The van der Waals surface area contributed by atoms with Gasteiger partial charge in [0.25, 0.3) is 0 Å². The minimum Gasteiger partial charge on any atom is -0.445 e. The van der Waals surface area contributed by atoms with Gasteiger partial charge in [0.2, 0.25) is 0 Å². The maximum Gasteiger partial charge on any atom is 0.410 e. The highest BCUT2D eigenvalue weighted by Gasteiger charge is 2.44. The fourth-order valence-electron chi connectivity index (χ4n) is 5.08. The first-order valence-corrected chi connectivity index (χ1v) is 12.8. The molecule has 0 spiro atoms. The Bertz CT molecular complexity index is 678. The van der Waals surface area contributed by atoms with E-state index < -0.39 is 0 Å². The summed E-state index contributed by atoms with van der Waals surface area (Å²) in [5, 5.41) is 0. The lowest BCUT2D eigenvalue weighted by Crippen LogP contribution is -2.59. The van der Waals surface area contributed by atoms with Gasteiger partial charge in [-0.15, -0.1) is 0 Å². The van der Waals surface area contributed by atoms with Crippen LogP contribution in [0.15, 0.2) is 30.3 Å². The third-order valence-corrected chi connectivity index (χ3v) is 6.92. The Morgan fingerprint density at radius 2 is 1.50 bits per heavy atom. The van der Waals surface area contributed by atoms with Crippen LogP contribution >= 0.6 is 0 Å². The number of rotatable bonds is 13. The number of ketones is 1. The molecule has 0 saturated carbocycles. The Morgan fingerprint density at radius 3 is 2.12 bits per heavy atom. The van der Waals surface area contributed by atoms with Crippen LogP contribution in [-0.4, -0.2) is 42.1 Å². The van der Waals surface area contributed by atoms with E-state index in [9.17, 15) is 9.59 Å². The summed E-state index contributed by atoms with van der Waals surface area (Å²) in [6, 6.07) is 9.63. The number of carbonyl (C=O) groups excluding carboxylic acids is 2. The second kappa shape index (κ2) is 13.6. The van der Waals surface area contributed by atoms with Gasteiger partial charge in [0.1, 0.15) is 12.4 Å². The van der Waals surface area contributed by atoms with E-state index in [1.807, 2.05) is 35.2 Å². The molecule has 2 aliphatic rings. The minimum absolute atomic E-state index is 0.0529. The van der Waals surface area contributed by atoms with E-state index in [0.29, 0.717) is 38.3 Å². The van der Waals surface area contributed by atoms with Crippen LogP contribution in [0.4, 0.5) is 4.79 Å². The number of hydrogen-bond acceptors (Lipinski definition) is 4. The Kier molecular flexibility index (Phi) is 10.5. The molecule has 2 heterocycles. The molecule has 0 N–H and O–H groups in total. The molecule has 0 aliphatic carbocycles. The summed E-state index contributed by atoms with van der Waals surface area (Å²) >= 11 is 0. The Labute approximate surface area is 193 Å². The third kappa shape index (κ3) is 7.61. The van der Waals surface area contributed by atoms with Gasteiger partial charge >= 0.3 is 6.09 Å². The van der Waals surface area contributed by atoms with Crippen molar-refractivity contribution in [2.75, 3.05) is 13.2 Å². The second-order valence-corrected chi connectivity index (χ2v) is 9.51. The number of ether oxygens (including phenoxy) is 2. The monoisotopic (exact) mass is 443 g/mol. The maximum absolute atomic E-state index is 12.8. The predicted molar refractivity (Wildman–Crippen MR) is 126 cm³/mol. The van der Waals surface area contributed by atoms with Crippen LogP contribution in [0, 0.1) is 5.92 Å². The van der Waals surface area contributed by atoms with E-state index in [2.05, 4.69) is 6.92 Å². The molecule has 3 rings (SSSR count). The average Bonchev–Trinajstić information content (AvgIpc) is 2.81. The van der Waals surface area contributed by atoms with Crippen LogP contribution in [0.2, 0.25) is 0 Å². The summed E-state index contributed by atoms with van der Waals surface area (Å²) in [6.07, 6.45) is 13.2. The zero-order valence-corrected chi connectivity index (χ0v) is 19.8. The Hall–Kier alpha value is -1.88. The van der Waals surface area contributed by atoms with Gasteiger partial charge in [-0.25, -0.2) is 4.79 Å². The molecule has 2 saturated heterocycles. The summed E-state index contributed by atoms with van der Waals surface area (Å²) in [5.74, 6) is 0.434. The second-order valence-electron chi connectivity index (χ2n) is 9.51. The normalized spacial score (nSPS) is 22.5. The summed E-state index contributed by atoms with van der Waals surface area (Å²) in [7, 11) is 0. The smallest absolute Gasteiger partial charge is 0.410 e. The van der Waals surface area contributed by atoms with Crippen LogP contribution in [-0.2, 0) is 20.9 Å². The number of nitrogens with zero attached hydrogens (tertiary/aromatic N) is 1. The molecule has 1 aromatic carbocycles. The van der Waals surface area contributed by atoms with Crippen molar-refractivity contribution < 1.29 is 19.1 Å². The van der Waals surface area contributed by atoms with Crippen molar-refractivity contribution in [2.45, 2.75) is 103 Å². The van der Waals surface area contributed by atoms with Crippen molar-refractivity contribution in [1.82, 2.24) is 4.90 Å². The molecule has 0 aromatic heterocycles. The quantitative estimate of drug-likeness (QED) is 0.336. The summed E-state index contributed by atoms with van der Waals surface area (Å²) in [4.78, 5) is 27.5. The highest BCUT2D eigenvalue weighted by Crippen LogP contribution is 2.33. The molecule has 2 atom stereocenters. The van der Waals surface area contributed by atoms with Gasteiger partial charge in [-0.1, -0.05) is 88.6 Å². The van der Waals surface area contributed by atoms with Crippen molar-refractivity contribution in [3.8, 4) is 0 Å². The van der Waals surface area contributed by atoms with Gasteiger partial charge in [0, 0.05) is 12.3 Å². The number of benzene rings is 1. The third-order valence-electron chi connectivity index (χ3n) is 6.92. The van der Waals surface area contributed by atoms with Crippen LogP contribution in [0.1, 0.15) is 89.5 Å². The van der Waals surface area contributed by atoms with E-state index >= 15 is 0 Å². The van der Waals surface area contributed by atoms with E-state index in [4.69, 9.17) is 9.47 Å². The van der Waals surface area contributed by atoms with Crippen molar-refractivity contribution >= 4 is 11.9 Å². The topological polar surface area (TPSA) is 55.8 Å². The molecule has 0 radical (unpaired) electrons. The van der Waals surface area contributed by atoms with E-state index in [1.165, 1.54) is 44.9 Å². The molecule has 1 aromatic rings. The number of piperidine rings is 1. The molecular weight excluding hydrogens is 402 g/mol. The molecule has 32 heavy (non-hydrogen) atoms. The largest absolute Gasteiger partial charge is 0.445 e. The highest BCUT2D eigenvalue weighted by atomic mass is 16.6. The van der Waals surface area contributed by atoms with Gasteiger partial charge in [0.15, 0.2) is 0 Å². The Balaban J connectivity index is 1.36. The number of hydrogen-bond donors (Lipinski definition) is 0. The van der Waals surface area contributed by atoms with Gasteiger partial charge in [-0.3, -0.25) is 9.69 Å². The van der Waals surface area contributed by atoms with Gasteiger partial charge in [0.05, 0.1) is 25.3 Å². The number of amides is 1. The first-order chi connectivity index (χ1) is 15.7. The highest BCUT2D eigenvalue weighted by molar-refractivity contribution is 5.81. The first kappa shape index (κ1) is 24.8. The molecule has 2 unspecified atom stereocenters. The number of morpholine rings is 1. The predicted octanol–water partition coefficient (Wildman–Crippen LogP) is 6.29. The van der Waals surface area contributed by atoms with Crippen LogP contribution < -0.4 is 0 Å². The van der Waals surface area contributed by atoms with Crippen LogP contribution in [0.3, 0.4) is 0 Å². The molecular formula is C27H41NO4. The van der Waals surface area contributed by atoms with E-state index in [-0.39, 0.29) is 30.7 Å². The summed E-state index contributed by atoms with van der Waals surface area (Å²) < 4.78 is 11.3. The van der Waals surface area contributed by atoms with Crippen molar-refractivity contribution in [3.63, 3.8) is 0 Å². The van der Waals surface area contributed by atoms with Crippen LogP contribution in [0.25, 0.3) is 0 Å². The lowest BCUT2D eigenvalue weighted by Gasteiger charge is -2.47. The maximum atomic E-state index is 12.8. The fraction of sp³-hybridized carbons (Fsp3) is 0.704. The zero-order chi connectivity index (χ0) is 22.6. The van der Waals surface area contributed by atoms with Gasteiger partial charge in [-0.2, -0.15) is 0 Å². The fourth-order valence-corrected chi connectivity index (χ4v) is 5.08. The molecule has 5 heteroatoms. The molecule has 5 nitrogen and oxygen atoms in total. The summed E-state index contributed by atoms with van der Waals surface area (Å²) in [5.41, 5.74) is 0.980. The van der Waals surface area contributed by atoms with E-state index in [0.717, 1.165) is 18.4 Å². The minimum atomic E-state index is -0.281. The number of Topliss-reactive ketones (excluding diaryl/α,β-unsaturated/α-hetero) is 1. The van der Waals surface area contributed by atoms with E-state index in [1.54, 1.807) is 0 Å². The number of fused-ring (bicyclic) bond motifs is 2. The molecule has 2 bridgehead atoms. The number of carbonyl (C=O) groups is 2. The SMILES string of the molecule is CCCCCCCCCCCC(=O)C1CC2COCC(C1)N2C(=O)OCc1ccccc1. The summed E-state index contributed by atoms with van der Waals surface area (Å²) in [6.45, 7) is 3.52. The standard InChI is InChI=1S/C27H41NO4/c1-2-3-4-5-6-7-8-9-13-16-26(29)23-17-24-20-31-21-25(18-23)28(24)27(30)32-19-22-14-11-10-12-15-22/h10-12,14-15,23-25H,2-9,13,16-21H2,1H3. The molecule has 178 valence electrons. The molecule has 2 aliphatic heterocycles. The number of unbranched alkanes of at least 4 members (excludes halogenated alkanes) is 8. The van der Waals surface area contributed by atoms with Crippen molar-refractivity contribution in [2.24, 2.45) is 5.92 Å². The van der Waals surface area contributed by atoms with Gasteiger partial charge in [-0.05, 0) is 24.8 Å². The van der Waals surface area contributed by atoms with Crippen LogP contribution in [0.5, 0.6) is 0 Å². The van der Waals surface area contributed by atoms with Crippen molar-refractivity contribution in [1.29, 1.82) is 0 Å². The van der Waals surface area contributed by atoms with Gasteiger partial charge < -0.3 is 9.47 Å². The lowest BCUT2D eigenvalue weighted by molar-refractivity contribution is -0.131. The lowest BCUT2D eigenvalue weighted by atomic mass is 9.81. The zero-order valence-electron chi connectivity index (χ0n) is 19.8. The first-order valence-electron chi connectivity index (χ1n) is 12.8. The average molecular weight is 444 g/mol.